The number of carbonyl (C=O) groups is 1. The van der Waals surface area contributed by atoms with E-state index in [0.717, 1.165) is 5.56 Å². The van der Waals surface area contributed by atoms with Gasteiger partial charge >= 0.3 is 5.97 Å². The molecule has 16 heavy (non-hydrogen) atoms. The molecule has 0 bridgehead atoms. The molecular formula is C12H16FNO2. The van der Waals surface area contributed by atoms with Crippen LogP contribution < -0.4 is 5.73 Å². The van der Waals surface area contributed by atoms with Crippen LogP contribution in [0.4, 0.5) is 4.39 Å². The van der Waals surface area contributed by atoms with E-state index in [-0.39, 0.29) is 6.42 Å². The second-order valence-corrected chi connectivity index (χ2v) is 4.46. The molecular weight excluding hydrogens is 209 g/mol. The first-order valence-corrected chi connectivity index (χ1v) is 5.06. The summed E-state index contributed by atoms with van der Waals surface area (Å²) in [6.45, 7) is 2.97. The molecule has 1 unspecified atom stereocenters. The van der Waals surface area contributed by atoms with E-state index >= 15 is 0 Å². The first-order chi connectivity index (χ1) is 7.29. The Morgan fingerprint density at radius 1 is 1.56 bits per heavy atom. The number of carboxylic acid groups (broad SMARTS) is 1. The van der Waals surface area contributed by atoms with Gasteiger partial charge in [0.2, 0.25) is 0 Å². The number of hydrogen-bond acceptors (Lipinski definition) is 2. The maximum absolute atomic E-state index is 13.4. The van der Waals surface area contributed by atoms with Crippen molar-refractivity contribution in [3.8, 4) is 0 Å². The zero-order valence-corrected chi connectivity index (χ0v) is 9.40. The van der Waals surface area contributed by atoms with Crippen molar-refractivity contribution in [3.05, 3.63) is 35.4 Å². The minimum atomic E-state index is -1.31. The summed E-state index contributed by atoms with van der Waals surface area (Å²) in [7, 11) is 0. The highest BCUT2D eigenvalue weighted by Gasteiger charge is 2.18. The highest BCUT2D eigenvalue weighted by Crippen LogP contribution is 2.19. The van der Waals surface area contributed by atoms with Crippen LogP contribution >= 0.6 is 0 Å². The zero-order chi connectivity index (χ0) is 12.3. The zero-order valence-electron chi connectivity index (χ0n) is 9.40. The van der Waals surface area contributed by atoms with Gasteiger partial charge in [0.15, 0.2) is 0 Å². The van der Waals surface area contributed by atoms with Gasteiger partial charge in [0.05, 0.1) is 0 Å². The Balaban J connectivity index is 2.91. The second kappa shape index (κ2) is 4.61. The lowest BCUT2D eigenvalue weighted by molar-refractivity contribution is -0.138. The predicted molar refractivity (Wildman–Crippen MR) is 59.9 cm³/mol. The fourth-order valence-corrected chi connectivity index (χ4v) is 1.52. The molecule has 0 saturated carbocycles. The van der Waals surface area contributed by atoms with Crippen molar-refractivity contribution in [2.45, 2.75) is 32.0 Å². The summed E-state index contributed by atoms with van der Waals surface area (Å²) in [5, 5.41) is 8.76. The van der Waals surface area contributed by atoms with Crippen LogP contribution in [-0.2, 0) is 11.2 Å². The molecule has 0 aliphatic heterocycles. The number of rotatable bonds is 4. The smallest absolute Gasteiger partial charge is 0.325 e. The summed E-state index contributed by atoms with van der Waals surface area (Å²) in [5.74, 6) is -1.09. The number of carboxylic acids is 1. The molecule has 0 aliphatic carbocycles. The van der Waals surface area contributed by atoms with E-state index in [2.05, 4.69) is 0 Å². The van der Waals surface area contributed by atoms with Gasteiger partial charge in [-0.25, -0.2) is 4.39 Å². The average molecular weight is 225 g/mol. The monoisotopic (exact) mass is 225 g/mol. The molecule has 0 amide bonds. The van der Waals surface area contributed by atoms with Gasteiger partial charge in [-0.3, -0.25) is 4.79 Å². The van der Waals surface area contributed by atoms with Crippen LogP contribution in [0, 0.1) is 0 Å². The van der Waals surface area contributed by atoms with Gasteiger partial charge in [0.1, 0.15) is 11.7 Å². The van der Waals surface area contributed by atoms with Gasteiger partial charge in [-0.15, -0.1) is 0 Å². The lowest BCUT2D eigenvalue weighted by Gasteiger charge is -2.15. The molecule has 4 heteroatoms. The maximum atomic E-state index is 13.4. The molecule has 1 aromatic rings. The third-order valence-electron chi connectivity index (χ3n) is 2.20. The lowest BCUT2D eigenvalue weighted by atomic mass is 9.97. The van der Waals surface area contributed by atoms with E-state index in [1.807, 2.05) is 0 Å². The molecule has 0 spiro atoms. The van der Waals surface area contributed by atoms with Crippen LogP contribution in [0.15, 0.2) is 24.3 Å². The highest BCUT2D eigenvalue weighted by atomic mass is 19.1. The number of halogens is 1. The third kappa shape index (κ3) is 3.62. The number of aliphatic carboxylic acids is 1. The summed E-state index contributed by atoms with van der Waals surface area (Å²) in [5.41, 5.74) is 5.41. The first-order valence-electron chi connectivity index (χ1n) is 5.06. The second-order valence-electron chi connectivity index (χ2n) is 4.46. The molecule has 1 rings (SSSR count). The van der Waals surface area contributed by atoms with Gasteiger partial charge in [-0.1, -0.05) is 24.3 Å². The fraction of sp³-hybridized carbons (Fsp3) is 0.417. The summed E-state index contributed by atoms with van der Waals surface area (Å²) >= 11 is 0. The Labute approximate surface area is 94.1 Å². The van der Waals surface area contributed by atoms with E-state index in [4.69, 9.17) is 10.8 Å². The fourth-order valence-electron chi connectivity index (χ4n) is 1.52. The van der Waals surface area contributed by atoms with E-state index in [1.165, 1.54) is 13.8 Å². The van der Waals surface area contributed by atoms with Gasteiger partial charge in [0.25, 0.3) is 0 Å². The van der Waals surface area contributed by atoms with E-state index in [9.17, 15) is 9.18 Å². The largest absolute Gasteiger partial charge is 0.480 e. The van der Waals surface area contributed by atoms with Gasteiger partial charge in [-0.05, 0) is 25.0 Å². The van der Waals surface area contributed by atoms with E-state index < -0.39 is 17.7 Å². The topological polar surface area (TPSA) is 63.3 Å². The number of alkyl halides is 1. The predicted octanol–water partition coefficient (Wildman–Crippen LogP) is 2.06. The molecule has 0 aliphatic rings. The van der Waals surface area contributed by atoms with Crippen LogP contribution in [0.5, 0.6) is 0 Å². The molecule has 0 radical (unpaired) electrons. The lowest BCUT2D eigenvalue weighted by Crippen LogP contribution is -2.21. The van der Waals surface area contributed by atoms with Gasteiger partial charge in [0, 0.05) is 6.42 Å². The summed E-state index contributed by atoms with van der Waals surface area (Å²) in [4.78, 5) is 10.7. The molecule has 0 heterocycles. The first kappa shape index (κ1) is 12.6. The molecule has 88 valence electrons. The number of nitrogens with two attached hydrogens (primary N) is 1. The van der Waals surface area contributed by atoms with Crippen LogP contribution in [0.3, 0.4) is 0 Å². The minimum Gasteiger partial charge on any atom is -0.480 e. The van der Waals surface area contributed by atoms with Crippen molar-refractivity contribution in [1.29, 1.82) is 0 Å². The van der Waals surface area contributed by atoms with E-state index in [0.29, 0.717) is 5.56 Å². The molecule has 0 fully saturated rings. The standard InChI is InChI=1S/C12H16FNO2/c1-12(2,13)7-8-4-3-5-9(6-8)10(14)11(15)16/h3-6,10H,7,14H2,1-2H3,(H,15,16). The van der Waals surface area contributed by atoms with Crippen molar-refractivity contribution in [2.24, 2.45) is 5.73 Å². The van der Waals surface area contributed by atoms with Crippen molar-refractivity contribution < 1.29 is 14.3 Å². The SMILES string of the molecule is CC(C)(F)Cc1cccc(C(N)C(=O)O)c1. The maximum Gasteiger partial charge on any atom is 0.325 e. The molecule has 1 aromatic carbocycles. The average Bonchev–Trinajstić information content (AvgIpc) is 2.14. The Hall–Kier alpha value is -1.42. The number of hydrogen-bond donors (Lipinski definition) is 2. The van der Waals surface area contributed by atoms with Crippen LogP contribution in [0.2, 0.25) is 0 Å². The normalized spacial score (nSPS) is 13.5. The Bertz CT molecular complexity index is 385. The van der Waals surface area contributed by atoms with Gasteiger partial charge < -0.3 is 10.8 Å². The van der Waals surface area contributed by atoms with Crippen LogP contribution in [0.25, 0.3) is 0 Å². The number of benzene rings is 1. The summed E-state index contributed by atoms with van der Waals surface area (Å²) < 4.78 is 13.4. The molecule has 3 N–H and O–H groups in total. The summed E-state index contributed by atoms with van der Waals surface area (Å²) in [6, 6.07) is 5.68. The molecule has 0 saturated heterocycles. The highest BCUT2D eigenvalue weighted by molar-refractivity contribution is 5.75. The molecule has 1 atom stereocenters. The van der Waals surface area contributed by atoms with Crippen molar-refractivity contribution in [2.75, 3.05) is 0 Å². The Morgan fingerprint density at radius 3 is 2.69 bits per heavy atom. The Morgan fingerprint density at radius 2 is 2.19 bits per heavy atom. The minimum absolute atomic E-state index is 0.243. The quantitative estimate of drug-likeness (QED) is 0.824. The van der Waals surface area contributed by atoms with E-state index in [1.54, 1.807) is 24.3 Å². The third-order valence-corrected chi connectivity index (χ3v) is 2.20. The van der Waals surface area contributed by atoms with Crippen LogP contribution in [0.1, 0.15) is 31.0 Å². The van der Waals surface area contributed by atoms with Crippen molar-refractivity contribution in [3.63, 3.8) is 0 Å². The Kier molecular flexibility index (Phi) is 3.65. The van der Waals surface area contributed by atoms with Crippen LogP contribution in [-0.4, -0.2) is 16.7 Å². The van der Waals surface area contributed by atoms with Crippen molar-refractivity contribution >= 4 is 5.97 Å². The van der Waals surface area contributed by atoms with Crippen molar-refractivity contribution in [1.82, 2.24) is 0 Å². The molecule has 0 aromatic heterocycles. The summed E-state index contributed by atoms with van der Waals surface area (Å²) in [6.07, 6.45) is 0.243. The molecule has 3 nitrogen and oxygen atoms in total. The van der Waals surface area contributed by atoms with Gasteiger partial charge in [-0.2, -0.15) is 0 Å².